The smallest absolute Gasteiger partial charge is 0.245 e. The van der Waals surface area contributed by atoms with Crippen LogP contribution in [-0.2, 0) is 14.3 Å². The normalized spacial score (nSPS) is 20.9. The summed E-state index contributed by atoms with van der Waals surface area (Å²) in [6.45, 7) is 8.04. The number of carbonyl (C=O) groups is 2. The minimum atomic E-state index is -0.532. The maximum Gasteiger partial charge on any atom is 0.245 e. The summed E-state index contributed by atoms with van der Waals surface area (Å²) >= 11 is 0. The van der Waals surface area contributed by atoms with Gasteiger partial charge in [-0.05, 0) is 12.3 Å². The standard InChI is InChI=1S/C14H27N3O3/c1-4-5-16-13(18)12-9-20-7-6-17(12)14(19)11(8-15)10(2)3/h10-12H,4-9,15H2,1-3H3,(H,16,18). The molecular weight excluding hydrogens is 258 g/mol. The minimum absolute atomic E-state index is 0.0394. The second kappa shape index (κ2) is 8.21. The highest BCUT2D eigenvalue weighted by atomic mass is 16.5. The van der Waals surface area contributed by atoms with E-state index >= 15 is 0 Å². The third-order valence-electron chi connectivity index (χ3n) is 3.64. The van der Waals surface area contributed by atoms with E-state index in [0.29, 0.717) is 26.2 Å². The number of morpholine rings is 1. The summed E-state index contributed by atoms with van der Waals surface area (Å²) in [5, 5.41) is 2.83. The van der Waals surface area contributed by atoms with Gasteiger partial charge in [0.25, 0.3) is 0 Å². The van der Waals surface area contributed by atoms with Crippen molar-refractivity contribution in [3.05, 3.63) is 0 Å². The third-order valence-corrected chi connectivity index (χ3v) is 3.64. The van der Waals surface area contributed by atoms with Crippen LogP contribution in [0.25, 0.3) is 0 Å². The number of amides is 2. The Kier molecular flexibility index (Phi) is 6.95. The molecule has 0 bridgehead atoms. The van der Waals surface area contributed by atoms with Crippen LogP contribution in [0, 0.1) is 11.8 Å². The lowest BCUT2D eigenvalue weighted by Gasteiger charge is -2.37. The molecule has 1 aliphatic heterocycles. The van der Waals surface area contributed by atoms with Gasteiger partial charge in [0, 0.05) is 19.6 Å². The summed E-state index contributed by atoms with van der Waals surface area (Å²) < 4.78 is 5.35. The molecule has 0 spiro atoms. The fourth-order valence-corrected chi connectivity index (χ4v) is 2.32. The molecule has 1 fully saturated rings. The van der Waals surface area contributed by atoms with E-state index in [1.807, 2.05) is 20.8 Å². The third kappa shape index (κ3) is 4.18. The maximum atomic E-state index is 12.6. The van der Waals surface area contributed by atoms with Crippen molar-refractivity contribution >= 4 is 11.8 Å². The highest BCUT2D eigenvalue weighted by Gasteiger charge is 2.36. The SMILES string of the molecule is CCCNC(=O)C1COCCN1C(=O)C(CN)C(C)C. The number of nitrogens with two attached hydrogens (primary N) is 1. The largest absolute Gasteiger partial charge is 0.377 e. The highest BCUT2D eigenvalue weighted by Crippen LogP contribution is 2.17. The van der Waals surface area contributed by atoms with E-state index < -0.39 is 6.04 Å². The molecule has 0 radical (unpaired) electrons. The molecule has 0 aromatic carbocycles. The number of carbonyl (C=O) groups excluding carboxylic acids is 2. The van der Waals surface area contributed by atoms with Crippen LogP contribution in [0.2, 0.25) is 0 Å². The van der Waals surface area contributed by atoms with Crippen molar-refractivity contribution in [1.82, 2.24) is 10.2 Å². The summed E-state index contributed by atoms with van der Waals surface area (Å²) in [6, 6.07) is -0.532. The lowest BCUT2D eigenvalue weighted by atomic mass is 9.93. The van der Waals surface area contributed by atoms with Gasteiger partial charge in [0.05, 0.1) is 19.1 Å². The molecule has 0 aromatic heterocycles. The van der Waals surface area contributed by atoms with Crippen LogP contribution in [0.1, 0.15) is 27.2 Å². The lowest BCUT2D eigenvalue weighted by molar-refractivity contribution is -0.152. The van der Waals surface area contributed by atoms with Crippen molar-refractivity contribution in [1.29, 1.82) is 0 Å². The molecule has 2 amide bonds. The van der Waals surface area contributed by atoms with Crippen molar-refractivity contribution in [3.63, 3.8) is 0 Å². The van der Waals surface area contributed by atoms with Crippen molar-refractivity contribution in [2.24, 2.45) is 17.6 Å². The molecule has 20 heavy (non-hydrogen) atoms. The Morgan fingerprint density at radius 1 is 1.45 bits per heavy atom. The summed E-state index contributed by atoms with van der Waals surface area (Å²) in [6.07, 6.45) is 0.866. The Balaban J connectivity index is 2.77. The molecule has 1 rings (SSSR count). The summed E-state index contributed by atoms with van der Waals surface area (Å²) in [4.78, 5) is 26.3. The molecule has 0 aliphatic carbocycles. The van der Waals surface area contributed by atoms with E-state index in [2.05, 4.69) is 5.32 Å². The Bertz CT molecular complexity index is 334. The number of hydrogen-bond donors (Lipinski definition) is 2. The lowest BCUT2D eigenvalue weighted by Crippen LogP contribution is -2.58. The molecule has 6 nitrogen and oxygen atoms in total. The minimum Gasteiger partial charge on any atom is -0.377 e. The molecule has 0 aromatic rings. The quantitative estimate of drug-likeness (QED) is 0.718. The molecule has 1 heterocycles. The topological polar surface area (TPSA) is 84.7 Å². The zero-order valence-corrected chi connectivity index (χ0v) is 12.7. The van der Waals surface area contributed by atoms with Gasteiger partial charge in [-0.25, -0.2) is 0 Å². The van der Waals surface area contributed by atoms with E-state index in [-0.39, 0.29) is 30.3 Å². The number of rotatable bonds is 6. The number of hydrogen-bond acceptors (Lipinski definition) is 4. The zero-order chi connectivity index (χ0) is 15.1. The van der Waals surface area contributed by atoms with Crippen LogP contribution in [0.5, 0.6) is 0 Å². The van der Waals surface area contributed by atoms with Gasteiger partial charge in [-0.3, -0.25) is 9.59 Å². The van der Waals surface area contributed by atoms with Crippen LogP contribution in [-0.4, -0.2) is 55.6 Å². The first kappa shape index (κ1) is 16.9. The first-order chi connectivity index (χ1) is 9.52. The van der Waals surface area contributed by atoms with Gasteiger partial charge in [-0.15, -0.1) is 0 Å². The predicted molar refractivity (Wildman–Crippen MR) is 77.0 cm³/mol. The van der Waals surface area contributed by atoms with Crippen LogP contribution in [0.4, 0.5) is 0 Å². The molecule has 1 aliphatic rings. The molecule has 116 valence electrons. The van der Waals surface area contributed by atoms with Crippen molar-refractivity contribution in [3.8, 4) is 0 Å². The van der Waals surface area contributed by atoms with Crippen molar-refractivity contribution < 1.29 is 14.3 Å². The molecule has 2 atom stereocenters. The van der Waals surface area contributed by atoms with E-state index in [0.717, 1.165) is 6.42 Å². The molecule has 1 saturated heterocycles. The van der Waals surface area contributed by atoms with Crippen LogP contribution in [0.15, 0.2) is 0 Å². The summed E-state index contributed by atoms with van der Waals surface area (Å²) in [5.74, 6) is -0.258. The molecule has 6 heteroatoms. The van der Waals surface area contributed by atoms with Gasteiger partial charge in [0.2, 0.25) is 11.8 Å². The second-order valence-electron chi connectivity index (χ2n) is 5.50. The van der Waals surface area contributed by atoms with Crippen molar-refractivity contribution in [2.45, 2.75) is 33.2 Å². The fourth-order valence-electron chi connectivity index (χ4n) is 2.32. The first-order valence-electron chi connectivity index (χ1n) is 7.38. The number of nitrogens with one attached hydrogen (secondary N) is 1. The van der Waals surface area contributed by atoms with Gasteiger partial charge >= 0.3 is 0 Å². The monoisotopic (exact) mass is 285 g/mol. The molecular formula is C14H27N3O3. The zero-order valence-electron chi connectivity index (χ0n) is 12.7. The van der Waals surface area contributed by atoms with Gasteiger partial charge < -0.3 is 20.7 Å². The average Bonchev–Trinajstić information content (AvgIpc) is 2.45. The Morgan fingerprint density at radius 3 is 2.70 bits per heavy atom. The van der Waals surface area contributed by atoms with E-state index in [1.54, 1.807) is 4.90 Å². The first-order valence-corrected chi connectivity index (χ1v) is 7.38. The van der Waals surface area contributed by atoms with Crippen molar-refractivity contribution in [2.75, 3.05) is 32.8 Å². The van der Waals surface area contributed by atoms with Crippen LogP contribution < -0.4 is 11.1 Å². The van der Waals surface area contributed by atoms with Gasteiger partial charge in [0.1, 0.15) is 6.04 Å². The van der Waals surface area contributed by atoms with Crippen LogP contribution in [0.3, 0.4) is 0 Å². The predicted octanol–water partition coefficient (Wildman–Crippen LogP) is -0.0291. The fraction of sp³-hybridized carbons (Fsp3) is 0.857. The number of ether oxygens (including phenoxy) is 1. The van der Waals surface area contributed by atoms with Gasteiger partial charge in [0.15, 0.2) is 0 Å². The van der Waals surface area contributed by atoms with Crippen LogP contribution >= 0.6 is 0 Å². The van der Waals surface area contributed by atoms with E-state index in [9.17, 15) is 9.59 Å². The van der Waals surface area contributed by atoms with E-state index in [1.165, 1.54) is 0 Å². The molecule has 0 saturated carbocycles. The molecule has 3 N–H and O–H groups in total. The maximum absolute atomic E-state index is 12.6. The summed E-state index contributed by atoms with van der Waals surface area (Å²) in [5.41, 5.74) is 5.70. The Hall–Kier alpha value is -1.14. The van der Waals surface area contributed by atoms with Gasteiger partial charge in [-0.2, -0.15) is 0 Å². The van der Waals surface area contributed by atoms with E-state index in [4.69, 9.17) is 10.5 Å². The average molecular weight is 285 g/mol. The molecule has 2 unspecified atom stereocenters. The second-order valence-corrected chi connectivity index (χ2v) is 5.50. The summed E-state index contributed by atoms with van der Waals surface area (Å²) in [7, 11) is 0. The number of nitrogens with zero attached hydrogens (tertiary/aromatic N) is 1. The Labute approximate surface area is 121 Å². The van der Waals surface area contributed by atoms with Gasteiger partial charge in [-0.1, -0.05) is 20.8 Å². The Morgan fingerprint density at radius 2 is 2.15 bits per heavy atom. The highest BCUT2D eigenvalue weighted by molar-refractivity contribution is 5.89.